The van der Waals surface area contributed by atoms with Crippen LogP contribution in [0.1, 0.15) is 19.8 Å². The predicted molar refractivity (Wildman–Crippen MR) is 111 cm³/mol. The van der Waals surface area contributed by atoms with Crippen LogP contribution in [0.5, 0.6) is 0 Å². The lowest BCUT2D eigenvalue weighted by Crippen LogP contribution is -2.51. The Hall–Kier alpha value is -1.21. The van der Waals surface area contributed by atoms with Crippen LogP contribution >= 0.6 is 36.4 Å². The summed E-state index contributed by atoms with van der Waals surface area (Å²) in [5, 5.41) is 3.38. The largest absolute Gasteiger partial charge is 0.368 e. The second-order valence-electron chi connectivity index (χ2n) is 6.14. The van der Waals surface area contributed by atoms with E-state index in [-0.39, 0.29) is 49.2 Å². The second-order valence-corrected chi connectivity index (χ2v) is 6.58. The molecule has 9 heteroatoms. The average molecular weight is 426 g/mol. The van der Waals surface area contributed by atoms with Crippen molar-refractivity contribution in [3.63, 3.8) is 0 Å². The van der Waals surface area contributed by atoms with E-state index in [1.165, 1.54) is 0 Å². The molecule has 1 atom stereocenters. The van der Waals surface area contributed by atoms with E-state index in [0.717, 1.165) is 18.8 Å². The number of carbonyl (C=O) groups excluding carboxylic acids is 2. The molecule has 1 fully saturated rings. The van der Waals surface area contributed by atoms with Crippen molar-refractivity contribution in [2.24, 2.45) is 5.73 Å². The van der Waals surface area contributed by atoms with Crippen molar-refractivity contribution in [1.29, 1.82) is 0 Å². The highest BCUT2D eigenvalue weighted by Crippen LogP contribution is 2.20. The van der Waals surface area contributed by atoms with Crippen LogP contribution in [0.4, 0.5) is 5.69 Å². The molecule has 0 spiro atoms. The highest BCUT2D eigenvalue weighted by molar-refractivity contribution is 6.30. The standard InChI is InChI=1S/C17H25ClN4O2.2ClH/c1-13(19)5-6-16(23)20-12-17(24)22-9-7-21(8-10-22)15-4-2-3-14(18)11-15;;/h2-4,11,13H,5-10,12,19H2,1H3,(H,20,23);2*1H. The number of nitrogens with one attached hydrogen (secondary N) is 1. The molecule has 3 N–H and O–H groups in total. The van der Waals surface area contributed by atoms with Crippen LogP contribution in [0, 0.1) is 0 Å². The zero-order valence-corrected chi connectivity index (χ0v) is 17.2. The van der Waals surface area contributed by atoms with E-state index < -0.39 is 0 Å². The normalized spacial score (nSPS) is 14.7. The fourth-order valence-electron chi connectivity index (χ4n) is 2.62. The molecule has 2 rings (SSSR count). The van der Waals surface area contributed by atoms with Gasteiger partial charge in [-0.1, -0.05) is 17.7 Å². The molecular formula is C17H27Cl3N4O2. The van der Waals surface area contributed by atoms with Crippen LogP contribution in [0.15, 0.2) is 24.3 Å². The van der Waals surface area contributed by atoms with Crippen LogP contribution in [0.3, 0.4) is 0 Å². The minimum absolute atomic E-state index is 0. The van der Waals surface area contributed by atoms with E-state index in [2.05, 4.69) is 10.2 Å². The summed E-state index contributed by atoms with van der Waals surface area (Å²) in [6.07, 6.45) is 0.978. The van der Waals surface area contributed by atoms with Gasteiger partial charge in [0, 0.05) is 49.4 Å². The zero-order chi connectivity index (χ0) is 17.5. The van der Waals surface area contributed by atoms with Gasteiger partial charge in [0.1, 0.15) is 0 Å². The van der Waals surface area contributed by atoms with Crippen molar-refractivity contribution in [3.8, 4) is 0 Å². The molecule has 1 aromatic carbocycles. The van der Waals surface area contributed by atoms with Gasteiger partial charge in [-0.15, -0.1) is 24.8 Å². The number of benzene rings is 1. The van der Waals surface area contributed by atoms with Gasteiger partial charge in [-0.25, -0.2) is 0 Å². The van der Waals surface area contributed by atoms with Gasteiger partial charge in [-0.2, -0.15) is 0 Å². The fourth-order valence-corrected chi connectivity index (χ4v) is 2.80. The van der Waals surface area contributed by atoms with Gasteiger partial charge >= 0.3 is 0 Å². The summed E-state index contributed by atoms with van der Waals surface area (Å²) in [4.78, 5) is 27.8. The Morgan fingerprint density at radius 3 is 2.46 bits per heavy atom. The van der Waals surface area contributed by atoms with E-state index in [0.29, 0.717) is 31.0 Å². The van der Waals surface area contributed by atoms with Gasteiger partial charge in [-0.3, -0.25) is 9.59 Å². The molecule has 0 aliphatic carbocycles. The van der Waals surface area contributed by atoms with Crippen LogP contribution < -0.4 is 16.0 Å². The number of carbonyl (C=O) groups is 2. The Labute approximate surface area is 172 Å². The number of anilines is 1. The maximum absolute atomic E-state index is 12.2. The first-order valence-corrected chi connectivity index (χ1v) is 8.64. The number of nitrogens with zero attached hydrogens (tertiary/aromatic N) is 2. The second kappa shape index (κ2) is 12.2. The van der Waals surface area contributed by atoms with Crippen molar-refractivity contribution in [1.82, 2.24) is 10.2 Å². The summed E-state index contributed by atoms with van der Waals surface area (Å²) in [6, 6.07) is 7.71. The summed E-state index contributed by atoms with van der Waals surface area (Å²) < 4.78 is 0. The molecule has 0 saturated carbocycles. The quantitative estimate of drug-likeness (QED) is 0.731. The molecule has 148 valence electrons. The maximum atomic E-state index is 12.2. The summed E-state index contributed by atoms with van der Waals surface area (Å²) in [5.41, 5.74) is 6.68. The third kappa shape index (κ3) is 7.99. The minimum atomic E-state index is -0.127. The molecule has 1 aliphatic heterocycles. The number of hydrogen-bond acceptors (Lipinski definition) is 4. The third-order valence-corrected chi connectivity index (χ3v) is 4.30. The molecule has 0 bridgehead atoms. The van der Waals surface area contributed by atoms with E-state index >= 15 is 0 Å². The molecule has 0 radical (unpaired) electrons. The summed E-state index contributed by atoms with van der Waals surface area (Å²) in [6.45, 7) is 4.70. The Balaban J connectivity index is 0.00000312. The summed E-state index contributed by atoms with van der Waals surface area (Å²) in [7, 11) is 0. The number of piperazine rings is 1. The molecular weight excluding hydrogens is 399 g/mol. The van der Waals surface area contributed by atoms with Crippen molar-refractivity contribution < 1.29 is 9.59 Å². The first-order chi connectivity index (χ1) is 11.5. The van der Waals surface area contributed by atoms with Crippen molar-refractivity contribution >= 4 is 53.9 Å². The number of amides is 2. The lowest BCUT2D eigenvalue weighted by molar-refractivity contribution is -0.133. The fraction of sp³-hybridized carbons (Fsp3) is 0.529. The molecule has 6 nitrogen and oxygen atoms in total. The Bertz CT molecular complexity index is 579. The predicted octanol–water partition coefficient (Wildman–Crippen LogP) is 2.08. The summed E-state index contributed by atoms with van der Waals surface area (Å²) >= 11 is 6.02. The average Bonchev–Trinajstić information content (AvgIpc) is 2.58. The van der Waals surface area contributed by atoms with Crippen LogP contribution in [-0.4, -0.2) is 55.5 Å². The Kier molecular flexibility index (Phi) is 11.7. The van der Waals surface area contributed by atoms with Gasteiger partial charge in [-0.05, 0) is 31.5 Å². The highest BCUT2D eigenvalue weighted by atomic mass is 35.5. The molecule has 1 saturated heterocycles. The van der Waals surface area contributed by atoms with Crippen molar-refractivity contribution in [2.45, 2.75) is 25.8 Å². The topological polar surface area (TPSA) is 78.7 Å². The van der Waals surface area contributed by atoms with Gasteiger partial charge in [0.05, 0.1) is 6.54 Å². The van der Waals surface area contributed by atoms with E-state index in [4.69, 9.17) is 17.3 Å². The Morgan fingerprint density at radius 2 is 1.88 bits per heavy atom. The van der Waals surface area contributed by atoms with Crippen LogP contribution in [0.25, 0.3) is 0 Å². The smallest absolute Gasteiger partial charge is 0.242 e. The van der Waals surface area contributed by atoms with Crippen molar-refractivity contribution in [3.05, 3.63) is 29.3 Å². The molecule has 0 aromatic heterocycles. The third-order valence-electron chi connectivity index (χ3n) is 4.07. The van der Waals surface area contributed by atoms with Crippen LogP contribution in [-0.2, 0) is 9.59 Å². The lowest BCUT2D eigenvalue weighted by Gasteiger charge is -2.36. The number of halogens is 3. The van der Waals surface area contributed by atoms with Crippen molar-refractivity contribution in [2.75, 3.05) is 37.6 Å². The van der Waals surface area contributed by atoms with E-state index in [1.807, 2.05) is 31.2 Å². The first kappa shape index (κ1) is 24.8. The summed E-state index contributed by atoms with van der Waals surface area (Å²) in [5.74, 6) is -0.173. The molecule has 1 aliphatic rings. The van der Waals surface area contributed by atoms with Gasteiger partial charge < -0.3 is 20.9 Å². The first-order valence-electron chi connectivity index (χ1n) is 8.26. The highest BCUT2D eigenvalue weighted by Gasteiger charge is 2.21. The maximum Gasteiger partial charge on any atom is 0.242 e. The SMILES string of the molecule is CC(N)CCC(=O)NCC(=O)N1CCN(c2cccc(Cl)c2)CC1.Cl.Cl. The molecule has 1 aromatic rings. The van der Waals surface area contributed by atoms with E-state index in [9.17, 15) is 9.59 Å². The van der Waals surface area contributed by atoms with Gasteiger partial charge in [0.2, 0.25) is 11.8 Å². The van der Waals surface area contributed by atoms with Gasteiger partial charge in [0.15, 0.2) is 0 Å². The number of rotatable bonds is 6. The van der Waals surface area contributed by atoms with E-state index in [1.54, 1.807) is 4.90 Å². The van der Waals surface area contributed by atoms with Gasteiger partial charge in [0.25, 0.3) is 0 Å². The lowest BCUT2D eigenvalue weighted by atomic mass is 10.2. The molecule has 1 unspecified atom stereocenters. The minimum Gasteiger partial charge on any atom is -0.368 e. The number of hydrogen-bond donors (Lipinski definition) is 2. The molecule has 2 amide bonds. The monoisotopic (exact) mass is 424 g/mol. The zero-order valence-electron chi connectivity index (χ0n) is 14.8. The Morgan fingerprint density at radius 1 is 1.23 bits per heavy atom. The molecule has 26 heavy (non-hydrogen) atoms. The van der Waals surface area contributed by atoms with Crippen LogP contribution in [0.2, 0.25) is 5.02 Å². The molecule has 1 heterocycles. The number of nitrogens with two attached hydrogens (primary N) is 1.